The first-order chi connectivity index (χ1) is 8.11. The fraction of sp³-hybridized carbons (Fsp3) is 0.273. The van der Waals surface area contributed by atoms with Crippen molar-refractivity contribution in [2.45, 2.75) is 13.0 Å². The van der Waals surface area contributed by atoms with Gasteiger partial charge in [-0.2, -0.15) is 0 Å². The summed E-state index contributed by atoms with van der Waals surface area (Å²) in [4.78, 5) is 15.6. The van der Waals surface area contributed by atoms with E-state index in [4.69, 9.17) is 22.1 Å². The molecule has 1 aliphatic heterocycles. The van der Waals surface area contributed by atoms with Gasteiger partial charge < -0.3 is 15.8 Å². The molecule has 90 valence electrons. The van der Waals surface area contributed by atoms with Gasteiger partial charge in [-0.1, -0.05) is 6.07 Å². The number of alkyl halides is 1. The number of carbonyl (C=O) groups is 1. The predicted molar refractivity (Wildman–Crippen MR) is 67.2 cm³/mol. The van der Waals surface area contributed by atoms with Crippen molar-refractivity contribution in [1.82, 2.24) is 0 Å². The number of hydrogen-bond donors (Lipinski definition) is 2. The second kappa shape index (κ2) is 4.63. The monoisotopic (exact) mass is 253 g/mol. The van der Waals surface area contributed by atoms with Crippen molar-refractivity contribution >= 4 is 34.7 Å². The largest absolute Gasteiger partial charge is 0.479 e. The molecule has 1 aromatic rings. The number of aliphatic imine (C=N–C) groups is 1. The lowest BCUT2D eigenvalue weighted by atomic mass is 10.2. The summed E-state index contributed by atoms with van der Waals surface area (Å²) < 4.78 is 5.44. The summed E-state index contributed by atoms with van der Waals surface area (Å²) in [6.07, 6.45) is -0.507. The first kappa shape index (κ1) is 11.7. The molecule has 1 amide bonds. The average Bonchev–Trinajstić information content (AvgIpc) is 2.31. The molecule has 1 aliphatic rings. The Morgan fingerprint density at radius 1 is 1.65 bits per heavy atom. The molecule has 0 saturated carbocycles. The third-order valence-corrected chi connectivity index (χ3v) is 2.60. The van der Waals surface area contributed by atoms with E-state index in [9.17, 15) is 4.79 Å². The maximum Gasteiger partial charge on any atom is 0.265 e. The van der Waals surface area contributed by atoms with Crippen molar-refractivity contribution in [2.75, 3.05) is 11.2 Å². The lowest BCUT2D eigenvalue weighted by Gasteiger charge is -2.24. The van der Waals surface area contributed by atoms with Crippen LogP contribution in [0.15, 0.2) is 23.2 Å². The van der Waals surface area contributed by atoms with Crippen LogP contribution >= 0.6 is 11.6 Å². The summed E-state index contributed by atoms with van der Waals surface area (Å²) in [7, 11) is 0. The molecule has 2 rings (SSSR count). The first-order valence-electron chi connectivity index (χ1n) is 5.11. The summed E-state index contributed by atoms with van der Waals surface area (Å²) in [6, 6.07) is 5.28. The Bertz CT molecular complexity index is 488. The minimum Gasteiger partial charge on any atom is -0.479 e. The van der Waals surface area contributed by atoms with Crippen molar-refractivity contribution in [2.24, 2.45) is 10.7 Å². The fourth-order valence-corrected chi connectivity index (χ4v) is 1.55. The summed E-state index contributed by atoms with van der Waals surface area (Å²) in [5.74, 6) is 0.799. The number of rotatable bonds is 2. The minimum absolute atomic E-state index is 0.134. The van der Waals surface area contributed by atoms with Crippen molar-refractivity contribution in [3.63, 3.8) is 0 Å². The molecule has 1 aromatic carbocycles. The Balaban J connectivity index is 2.44. The molecule has 0 spiro atoms. The normalized spacial score (nSPS) is 19.3. The molecule has 5 nitrogen and oxygen atoms in total. The number of nitrogens with zero attached hydrogens (tertiary/aromatic N) is 1. The van der Waals surface area contributed by atoms with Gasteiger partial charge in [-0.05, 0) is 19.1 Å². The quantitative estimate of drug-likeness (QED) is 0.478. The fourth-order valence-electron chi connectivity index (χ4n) is 1.49. The Kier molecular flexibility index (Phi) is 3.19. The van der Waals surface area contributed by atoms with Crippen LogP contribution in [0.25, 0.3) is 0 Å². The Morgan fingerprint density at radius 2 is 2.41 bits per heavy atom. The van der Waals surface area contributed by atoms with Gasteiger partial charge in [0.15, 0.2) is 6.10 Å². The molecule has 0 bridgehead atoms. The Labute approximate surface area is 104 Å². The van der Waals surface area contributed by atoms with E-state index in [0.29, 0.717) is 17.1 Å². The van der Waals surface area contributed by atoms with Crippen molar-refractivity contribution in [1.29, 1.82) is 0 Å². The Morgan fingerprint density at radius 3 is 3.12 bits per heavy atom. The van der Waals surface area contributed by atoms with Gasteiger partial charge in [-0.25, -0.2) is 4.99 Å². The van der Waals surface area contributed by atoms with Crippen LogP contribution in [0.1, 0.15) is 6.92 Å². The number of ether oxygens (including phenoxy) is 1. The Hall–Kier alpha value is -1.75. The number of hydrogen-bond acceptors (Lipinski definition) is 3. The molecule has 0 saturated heterocycles. The van der Waals surface area contributed by atoms with Crippen molar-refractivity contribution in [3.8, 4) is 5.75 Å². The molecule has 1 atom stereocenters. The number of carbonyl (C=O) groups excluding carboxylic acids is 1. The van der Waals surface area contributed by atoms with Crippen molar-refractivity contribution in [3.05, 3.63) is 18.2 Å². The van der Waals surface area contributed by atoms with Gasteiger partial charge in [0.1, 0.15) is 17.3 Å². The predicted octanol–water partition coefficient (Wildman–Crippen LogP) is 1.63. The maximum absolute atomic E-state index is 11.5. The van der Waals surface area contributed by atoms with E-state index in [1.165, 1.54) is 0 Å². The highest BCUT2D eigenvalue weighted by atomic mass is 35.5. The number of nitrogens with one attached hydrogen (secondary N) is 1. The van der Waals surface area contributed by atoms with Gasteiger partial charge in [0, 0.05) is 0 Å². The smallest absolute Gasteiger partial charge is 0.265 e. The van der Waals surface area contributed by atoms with E-state index < -0.39 is 6.10 Å². The number of nitrogens with two attached hydrogens (primary N) is 1. The van der Waals surface area contributed by atoms with E-state index in [1.807, 2.05) is 0 Å². The molecule has 1 heterocycles. The maximum atomic E-state index is 11.5. The van der Waals surface area contributed by atoms with E-state index in [2.05, 4.69) is 10.3 Å². The van der Waals surface area contributed by atoms with Gasteiger partial charge in [0.05, 0.1) is 11.6 Å². The number of fused-ring (bicyclic) bond motifs is 1. The summed E-state index contributed by atoms with van der Waals surface area (Å²) in [5, 5.41) is 2.74. The second-order valence-electron chi connectivity index (χ2n) is 3.64. The third-order valence-electron chi connectivity index (χ3n) is 2.33. The molecular formula is C11H12ClN3O2. The summed E-state index contributed by atoms with van der Waals surface area (Å²) >= 11 is 5.56. The highest BCUT2D eigenvalue weighted by Gasteiger charge is 2.25. The molecule has 3 N–H and O–H groups in total. The molecule has 0 fully saturated rings. The van der Waals surface area contributed by atoms with E-state index in [1.54, 1.807) is 25.1 Å². The van der Waals surface area contributed by atoms with Crippen LogP contribution in [0.5, 0.6) is 5.75 Å². The first-order valence-corrected chi connectivity index (χ1v) is 5.65. The van der Waals surface area contributed by atoms with Crippen LogP contribution in [-0.2, 0) is 4.79 Å². The molecule has 0 aromatic heterocycles. The molecule has 0 radical (unpaired) electrons. The van der Waals surface area contributed by atoms with Crippen LogP contribution in [0.3, 0.4) is 0 Å². The summed E-state index contributed by atoms with van der Waals surface area (Å²) in [6.45, 7) is 1.68. The van der Waals surface area contributed by atoms with Crippen LogP contribution in [0, 0.1) is 0 Å². The number of benzene rings is 1. The number of anilines is 1. The van der Waals surface area contributed by atoms with Crippen LogP contribution < -0.4 is 15.8 Å². The average molecular weight is 254 g/mol. The summed E-state index contributed by atoms with van der Waals surface area (Å²) in [5.41, 5.74) is 6.64. The van der Waals surface area contributed by atoms with Crippen LogP contribution in [0.4, 0.5) is 11.4 Å². The number of halogens is 1. The minimum atomic E-state index is -0.507. The lowest BCUT2D eigenvalue weighted by molar-refractivity contribution is -0.122. The molecular weight excluding hydrogens is 242 g/mol. The number of para-hydroxylation sites is 1. The highest BCUT2D eigenvalue weighted by molar-refractivity contribution is 6.28. The highest BCUT2D eigenvalue weighted by Crippen LogP contribution is 2.37. The molecule has 1 unspecified atom stereocenters. The van der Waals surface area contributed by atoms with E-state index >= 15 is 0 Å². The lowest BCUT2D eigenvalue weighted by Crippen LogP contribution is -2.34. The van der Waals surface area contributed by atoms with E-state index in [0.717, 1.165) is 0 Å². The number of amidine groups is 1. The van der Waals surface area contributed by atoms with Crippen LogP contribution in [-0.4, -0.2) is 23.7 Å². The van der Waals surface area contributed by atoms with Gasteiger partial charge in [-0.3, -0.25) is 4.79 Å². The zero-order valence-electron chi connectivity index (χ0n) is 9.24. The van der Waals surface area contributed by atoms with Crippen molar-refractivity contribution < 1.29 is 9.53 Å². The molecule has 17 heavy (non-hydrogen) atoms. The molecule has 0 aliphatic carbocycles. The second-order valence-corrected chi connectivity index (χ2v) is 3.90. The van der Waals surface area contributed by atoms with Gasteiger partial charge in [0.25, 0.3) is 5.91 Å². The SMILES string of the molecule is CC1Oc2cccc(N=C(N)CCl)c2NC1=O. The zero-order chi connectivity index (χ0) is 12.4. The number of amides is 1. The van der Waals surface area contributed by atoms with Gasteiger partial charge >= 0.3 is 0 Å². The van der Waals surface area contributed by atoms with Gasteiger partial charge in [0.2, 0.25) is 0 Å². The van der Waals surface area contributed by atoms with Gasteiger partial charge in [-0.15, -0.1) is 11.6 Å². The third kappa shape index (κ3) is 2.34. The standard InChI is InChI=1S/C11H12ClN3O2/c1-6-11(16)15-10-7(14-9(13)5-12)3-2-4-8(10)17-6/h2-4,6H,5H2,1H3,(H2,13,14)(H,15,16). The van der Waals surface area contributed by atoms with Crippen LogP contribution in [0.2, 0.25) is 0 Å². The zero-order valence-corrected chi connectivity index (χ0v) is 9.99. The topological polar surface area (TPSA) is 76.7 Å². The van der Waals surface area contributed by atoms with E-state index in [-0.39, 0.29) is 17.6 Å². The molecule has 6 heteroatoms.